The van der Waals surface area contributed by atoms with E-state index in [0.29, 0.717) is 12.3 Å². The Bertz CT molecular complexity index is 233. The number of rotatable bonds is 4. The van der Waals surface area contributed by atoms with E-state index in [4.69, 9.17) is 11.6 Å². The second kappa shape index (κ2) is 5.17. The van der Waals surface area contributed by atoms with E-state index in [2.05, 4.69) is 10.1 Å². The zero-order chi connectivity index (χ0) is 10.6. The van der Waals surface area contributed by atoms with Crippen LogP contribution in [0, 0.1) is 0 Å². The Hall–Kier alpha value is -0.810. The lowest BCUT2D eigenvalue weighted by Gasteiger charge is -2.11. The van der Waals surface area contributed by atoms with Crippen LogP contribution in [0.3, 0.4) is 0 Å². The molecule has 2 N–H and O–H groups in total. The molecular weight excluding hydrogens is 210 g/mol. The van der Waals surface area contributed by atoms with E-state index < -0.39 is 18.1 Å². The molecule has 0 aromatic heterocycles. The Labute approximate surface area is 86.4 Å². The van der Waals surface area contributed by atoms with Gasteiger partial charge in [0.2, 0.25) is 5.91 Å². The summed E-state index contributed by atoms with van der Waals surface area (Å²) >= 11 is 5.40. The fourth-order valence-corrected chi connectivity index (χ4v) is 1.27. The molecule has 0 spiro atoms. The molecule has 0 bridgehead atoms. The van der Waals surface area contributed by atoms with Crippen LogP contribution in [0.2, 0.25) is 0 Å². The van der Waals surface area contributed by atoms with Gasteiger partial charge in [0.05, 0.1) is 0 Å². The number of carbonyl (C=O) groups excluding carboxylic acids is 2. The number of hydrogen-bond donors (Lipinski definition) is 2. The Morgan fingerprint density at radius 3 is 2.93 bits per heavy atom. The summed E-state index contributed by atoms with van der Waals surface area (Å²) in [6.07, 6.45) is -0.145. The molecule has 0 saturated carbocycles. The van der Waals surface area contributed by atoms with Gasteiger partial charge >= 0.3 is 5.97 Å². The predicted octanol–water partition coefficient (Wildman–Crippen LogP) is -0.592. The van der Waals surface area contributed by atoms with E-state index in [9.17, 15) is 14.7 Å². The molecule has 1 rings (SSSR count). The maximum atomic E-state index is 11.2. The van der Waals surface area contributed by atoms with Gasteiger partial charge in [-0.25, -0.2) is 4.79 Å². The minimum atomic E-state index is -0.942. The number of carbonyl (C=O) groups is 2. The summed E-state index contributed by atoms with van der Waals surface area (Å²) in [5.41, 5.74) is 0. The van der Waals surface area contributed by atoms with Crippen LogP contribution >= 0.6 is 11.6 Å². The van der Waals surface area contributed by atoms with Gasteiger partial charge in [-0.15, -0.1) is 11.6 Å². The van der Waals surface area contributed by atoms with Gasteiger partial charge in [0.15, 0.2) is 6.04 Å². The molecule has 0 aromatic rings. The smallest absolute Gasteiger partial charge is 0.331 e. The van der Waals surface area contributed by atoms with Crippen molar-refractivity contribution in [2.45, 2.75) is 25.0 Å². The predicted molar refractivity (Wildman–Crippen MR) is 48.9 cm³/mol. The molecule has 1 aliphatic rings. The summed E-state index contributed by atoms with van der Waals surface area (Å²) in [7, 11) is 0. The van der Waals surface area contributed by atoms with Crippen LogP contribution in [0.15, 0.2) is 0 Å². The standard InChI is InChI=1S/C8H12ClNO4/c9-3-1-2-6(12)10-7-5(11)4-14-8(7)13/h5,7,11H,1-4H2,(H,10,12). The van der Waals surface area contributed by atoms with Gasteiger partial charge in [-0.1, -0.05) is 0 Å². The van der Waals surface area contributed by atoms with Crippen LogP contribution < -0.4 is 5.32 Å². The molecular formula is C8H12ClNO4. The highest BCUT2D eigenvalue weighted by molar-refractivity contribution is 6.17. The summed E-state index contributed by atoms with van der Waals surface area (Å²) in [5.74, 6) is -0.490. The maximum absolute atomic E-state index is 11.2. The lowest BCUT2D eigenvalue weighted by Crippen LogP contribution is -2.44. The molecule has 1 heterocycles. The van der Waals surface area contributed by atoms with Gasteiger partial charge < -0.3 is 15.2 Å². The lowest BCUT2D eigenvalue weighted by atomic mass is 10.2. The van der Waals surface area contributed by atoms with Crippen molar-refractivity contribution in [2.75, 3.05) is 12.5 Å². The molecule has 1 amide bonds. The molecule has 80 valence electrons. The number of cyclic esters (lactones) is 1. The number of amides is 1. The first-order chi connectivity index (χ1) is 6.65. The Balaban J connectivity index is 2.35. The van der Waals surface area contributed by atoms with Crippen LogP contribution in [-0.2, 0) is 14.3 Å². The topological polar surface area (TPSA) is 75.6 Å². The molecule has 14 heavy (non-hydrogen) atoms. The van der Waals surface area contributed by atoms with Crippen molar-refractivity contribution in [3.8, 4) is 0 Å². The SMILES string of the molecule is O=C(CCCCl)NC1C(=O)OCC1O. The number of aliphatic hydroxyl groups excluding tert-OH is 1. The first-order valence-corrected chi connectivity index (χ1v) is 4.88. The van der Waals surface area contributed by atoms with E-state index in [-0.39, 0.29) is 18.9 Å². The van der Waals surface area contributed by atoms with Crippen LogP contribution in [0.5, 0.6) is 0 Å². The highest BCUT2D eigenvalue weighted by Gasteiger charge is 2.36. The minimum Gasteiger partial charge on any atom is -0.461 e. The van der Waals surface area contributed by atoms with E-state index in [0.717, 1.165) is 0 Å². The number of ether oxygens (including phenoxy) is 1. The first-order valence-electron chi connectivity index (χ1n) is 4.35. The fourth-order valence-electron chi connectivity index (χ4n) is 1.14. The summed E-state index contributed by atoms with van der Waals surface area (Å²) in [4.78, 5) is 22.1. The number of nitrogens with one attached hydrogen (secondary N) is 1. The van der Waals surface area contributed by atoms with Gasteiger partial charge in [0, 0.05) is 12.3 Å². The Morgan fingerprint density at radius 2 is 2.43 bits per heavy atom. The quantitative estimate of drug-likeness (QED) is 0.492. The average Bonchev–Trinajstić information content (AvgIpc) is 2.46. The number of esters is 1. The van der Waals surface area contributed by atoms with Crippen molar-refractivity contribution in [2.24, 2.45) is 0 Å². The summed E-state index contributed by atoms with van der Waals surface area (Å²) in [6, 6.07) is -0.919. The minimum absolute atomic E-state index is 0.0563. The number of aliphatic hydroxyl groups is 1. The Kier molecular flexibility index (Phi) is 4.16. The second-order valence-corrected chi connectivity index (χ2v) is 3.41. The van der Waals surface area contributed by atoms with Crippen LogP contribution in [0.25, 0.3) is 0 Å². The van der Waals surface area contributed by atoms with Gasteiger partial charge in [-0.2, -0.15) is 0 Å². The van der Waals surface area contributed by atoms with Gasteiger partial charge in [0.25, 0.3) is 0 Å². The van der Waals surface area contributed by atoms with E-state index in [1.807, 2.05) is 0 Å². The lowest BCUT2D eigenvalue weighted by molar-refractivity contribution is -0.141. The molecule has 0 aromatic carbocycles. The highest BCUT2D eigenvalue weighted by atomic mass is 35.5. The van der Waals surface area contributed by atoms with Crippen molar-refractivity contribution in [1.29, 1.82) is 0 Å². The normalized spacial score (nSPS) is 26.0. The molecule has 2 unspecified atom stereocenters. The maximum Gasteiger partial charge on any atom is 0.331 e. The average molecular weight is 222 g/mol. The van der Waals surface area contributed by atoms with Crippen LogP contribution in [0.4, 0.5) is 0 Å². The number of alkyl halides is 1. The van der Waals surface area contributed by atoms with Crippen molar-refractivity contribution in [3.05, 3.63) is 0 Å². The van der Waals surface area contributed by atoms with Crippen molar-refractivity contribution >= 4 is 23.5 Å². The highest BCUT2D eigenvalue weighted by Crippen LogP contribution is 2.07. The Morgan fingerprint density at radius 1 is 1.71 bits per heavy atom. The van der Waals surface area contributed by atoms with Crippen LogP contribution in [0.1, 0.15) is 12.8 Å². The molecule has 1 fully saturated rings. The van der Waals surface area contributed by atoms with E-state index in [1.54, 1.807) is 0 Å². The van der Waals surface area contributed by atoms with Gasteiger partial charge in [-0.05, 0) is 6.42 Å². The summed E-state index contributed by atoms with van der Waals surface area (Å²) in [6.45, 7) is -0.0563. The third-order valence-electron chi connectivity index (χ3n) is 1.89. The fraction of sp³-hybridized carbons (Fsp3) is 0.750. The molecule has 2 atom stereocenters. The molecule has 0 aliphatic carbocycles. The van der Waals surface area contributed by atoms with E-state index >= 15 is 0 Å². The summed E-state index contributed by atoms with van der Waals surface area (Å²) < 4.78 is 4.55. The zero-order valence-electron chi connectivity index (χ0n) is 7.53. The molecule has 1 aliphatic heterocycles. The van der Waals surface area contributed by atoms with Crippen LogP contribution in [-0.4, -0.2) is 41.6 Å². The third-order valence-corrected chi connectivity index (χ3v) is 2.16. The van der Waals surface area contributed by atoms with E-state index in [1.165, 1.54) is 0 Å². The second-order valence-electron chi connectivity index (χ2n) is 3.04. The molecule has 5 nitrogen and oxygen atoms in total. The van der Waals surface area contributed by atoms with Crippen molar-refractivity contribution in [1.82, 2.24) is 5.32 Å². The zero-order valence-corrected chi connectivity index (χ0v) is 8.29. The third kappa shape index (κ3) is 2.85. The van der Waals surface area contributed by atoms with Crippen molar-refractivity contribution in [3.63, 3.8) is 0 Å². The summed E-state index contributed by atoms with van der Waals surface area (Å²) in [5, 5.41) is 11.6. The number of halogens is 1. The first kappa shape index (κ1) is 11.3. The number of hydrogen-bond acceptors (Lipinski definition) is 4. The van der Waals surface area contributed by atoms with Gasteiger partial charge in [0.1, 0.15) is 12.7 Å². The largest absolute Gasteiger partial charge is 0.461 e. The monoisotopic (exact) mass is 221 g/mol. The van der Waals surface area contributed by atoms with Gasteiger partial charge in [-0.3, -0.25) is 4.79 Å². The molecule has 0 radical (unpaired) electrons. The van der Waals surface area contributed by atoms with Crippen molar-refractivity contribution < 1.29 is 19.4 Å². The molecule has 1 saturated heterocycles. The molecule has 6 heteroatoms.